The van der Waals surface area contributed by atoms with Gasteiger partial charge in [0.05, 0.1) is 12.6 Å². The molecule has 0 radical (unpaired) electrons. The number of ether oxygens (including phenoxy) is 1. The van der Waals surface area contributed by atoms with Gasteiger partial charge < -0.3 is 9.64 Å². The molecule has 0 fully saturated rings. The molecule has 6 heteroatoms. The summed E-state index contributed by atoms with van der Waals surface area (Å²) in [5.74, 6) is -1.85. The summed E-state index contributed by atoms with van der Waals surface area (Å²) < 4.78 is 40.2. The third kappa shape index (κ3) is 3.63. The number of nitrogens with zero attached hydrogens (tertiary/aromatic N) is 1. The number of carbonyl (C=O) groups is 1. The van der Waals surface area contributed by atoms with E-state index in [9.17, 15) is 18.0 Å². The number of alkyl halides is 3. The average Bonchev–Trinajstić information content (AvgIpc) is 2.00. The molecule has 0 aliphatic carbocycles. The number of methoxy groups -OCH3 is 1. The molecular weight excluding hydrogens is 187 g/mol. The lowest BCUT2D eigenvalue weighted by molar-refractivity contribution is -0.186. The van der Waals surface area contributed by atoms with E-state index in [1.54, 1.807) is 0 Å². The first-order valence-electron chi connectivity index (χ1n) is 3.63. The summed E-state index contributed by atoms with van der Waals surface area (Å²) in [6, 6.07) is -0.584. The van der Waals surface area contributed by atoms with E-state index in [0.29, 0.717) is 4.90 Å². The Labute approximate surface area is 74.5 Å². The molecule has 13 heavy (non-hydrogen) atoms. The molecule has 3 nitrogen and oxygen atoms in total. The van der Waals surface area contributed by atoms with Crippen LogP contribution < -0.4 is 0 Å². The lowest BCUT2D eigenvalue weighted by Crippen LogP contribution is -2.45. The van der Waals surface area contributed by atoms with Crippen LogP contribution in [0.25, 0.3) is 0 Å². The van der Waals surface area contributed by atoms with E-state index < -0.39 is 18.1 Å². The molecule has 0 heterocycles. The van der Waals surface area contributed by atoms with Gasteiger partial charge in [-0.05, 0) is 6.92 Å². The normalized spacial score (nSPS) is 14.0. The standard InChI is InChI=1S/C7H12F3NO2/c1-5(4-13-3)11(2)6(12)7(8,9)10/h5H,4H2,1-3H3. The molecule has 0 bridgehead atoms. The van der Waals surface area contributed by atoms with Crippen molar-refractivity contribution in [2.75, 3.05) is 20.8 Å². The zero-order chi connectivity index (χ0) is 10.6. The van der Waals surface area contributed by atoms with Crippen molar-refractivity contribution in [1.82, 2.24) is 4.90 Å². The van der Waals surface area contributed by atoms with Crippen molar-refractivity contribution in [1.29, 1.82) is 0 Å². The van der Waals surface area contributed by atoms with Gasteiger partial charge in [-0.15, -0.1) is 0 Å². The van der Waals surface area contributed by atoms with E-state index in [1.807, 2.05) is 0 Å². The van der Waals surface area contributed by atoms with E-state index in [0.717, 1.165) is 7.05 Å². The number of hydrogen-bond donors (Lipinski definition) is 0. The van der Waals surface area contributed by atoms with Crippen molar-refractivity contribution >= 4 is 5.91 Å². The molecule has 0 rings (SSSR count). The minimum Gasteiger partial charge on any atom is -0.383 e. The van der Waals surface area contributed by atoms with Gasteiger partial charge in [0, 0.05) is 14.2 Å². The first kappa shape index (κ1) is 12.2. The highest BCUT2D eigenvalue weighted by atomic mass is 19.4. The van der Waals surface area contributed by atoms with Crippen LogP contribution in [-0.2, 0) is 9.53 Å². The number of rotatable bonds is 3. The Morgan fingerprint density at radius 3 is 2.31 bits per heavy atom. The maximum atomic E-state index is 11.9. The quantitative estimate of drug-likeness (QED) is 0.679. The second-order valence-corrected chi connectivity index (χ2v) is 2.72. The molecule has 0 aromatic rings. The van der Waals surface area contributed by atoms with Crippen LogP contribution in [0, 0.1) is 0 Å². The van der Waals surface area contributed by atoms with Crippen molar-refractivity contribution in [3.05, 3.63) is 0 Å². The van der Waals surface area contributed by atoms with Crippen molar-refractivity contribution in [3.8, 4) is 0 Å². The van der Waals surface area contributed by atoms with Crippen LogP contribution in [0.15, 0.2) is 0 Å². The molecule has 1 amide bonds. The fraction of sp³-hybridized carbons (Fsp3) is 0.857. The van der Waals surface area contributed by atoms with Gasteiger partial charge in [-0.3, -0.25) is 4.79 Å². The Morgan fingerprint density at radius 2 is 2.00 bits per heavy atom. The Bertz CT molecular complexity index is 181. The summed E-state index contributed by atoms with van der Waals surface area (Å²) in [7, 11) is 2.46. The van der Waals surface area contributed by atoms with Crippen molar-refractivity contribution in [2.45, 2.75) is 19.1 Å². The predicted octanol–water partition coefficient (Wildman–Crippen LogP) is 1.04. The molecule has 0 N–H and O–H groups in total. The van der Waals surface area contributed by atoms with Crippen LogP contribution in [0.5, 0.6) is 0 Å². The highest BCUT2D eigenvalue weighted by Crippen LogP contribution is 2.18. The minimum absolute atomic E-state index is 0.0817. The van der Waals surface area contributed by atoms with E-state index in [2.05, 4.69) is 4.74 Å². The number of carbonyl (C=O) groups excluding carboxylic acids is 1. The molecule has 0 aromatic heterocycles. The molecule has 0 saturated carbocycles. The topological polar surface area (TPSA) is 29.5 Å². The third-order valence-electron chi connectivity index (χ3n) is 1.63. The average molecular weight is 199 g/mol. The van der Waals surface area contributed by atoms with E-state index >= 15 is 0 Å². The van der Waals surface area contributed by atoms with Gasteiger partial charge in [0.25, 0.3) is 0 Å². The molecule has 0 aromatic carbocycles. The summed E-state index contributed by atoms with van der Waals surface area (Å²) >= 11 is 0. The Hall–Kier alpha value is -0.780. The summed E-state index contributed by atoms with van der Waals surface area (Å²) in [4.78, 5) is 11.2. The largest absolute Gasteiger partial charge is 0.471 e. The van der Waals surface area contributed by atoms with Crippen LogP contribution >= 0.6 is 0 Å². The SMILES string of the molecule is COCC(C)N(C)C(=O)C(F)(F)F. The van der Waals surface area contributed by atoms with Crippen LogP contribution in [0.4, 0.5) is 13.2 Å². The predicted molar refractivity (Wildman–Crippen MR) is 40.2 cm³/mol. The number of amides is 1. The lowest BCUT2D eigenvalue weighted by atomic mass is 10.3. The third-order valence-corrected chi connectivity index (χ3v) is 1.63. The monoisotopic (exact) mass is 199 g/mol. The summed E-state index contributed by atoms with van der Waals surface area (Å²) in [5.41, 5.74) is 0. The fourth-order valence-corrected chi connectivity index (χ4v) is 0.753. The molecule has 1 atom stereocenters. The Kier molecular flexibility index (Phi) is 4.19. The van der Waals surface area contributed by atoms with Crippen molar-refractivity contribution in [2.24, 2.45) is 0 Å². The van der Waals surface area contributed by atoms with Crippen LogP contribution in [0.2, 0.25) is 0 Å². The number of halogens is 3. The number of likely N-dealkylation sites (N-methyl/N-ethyl adjacent to an activating group) is 1. The molecule has 0 saturated heterocycles. The van der Waals surface area contributed by atoms with Crippen LogP contribution in [-0.4, -0.2) is 43.8 Å². The molecule has 78 valence electrons. The van der Waals surface area contributed by atoms with E-state index in [4.69, 9.17) is 0 Å². The molecule has 0 spiro atoms. The second kappa shape index (κ2) is 4.45. The summed E-state index contributed by atoms with van der Waals surface area (Å²) in [5, 5.41) is 0. The van der Waals surface area contributed by atoms with Gasteiger partial charge in [0.2, 0.25) is 0 Å². The molecule has 0 aliphatic heterocycles. The van der Waals surface area contributed by atoms with E-state index in [-0.39, 0.29) is 6.61 Å². The van der Waals surface area contributed by atoms with Gasteiger partial charge in [0.15, 0.2) is 0 Å². The smallest absolute Gasteiger partial charge is 0.383 e. The zero-order valence-corrected chi connectivity index (χ0v) is 7.68. The van der Waals surface area contributed by atoms with Gasteiger partial charge in [-0.2, -0.15) is 13.2 Å². The van der Waals surface area contributed by atoms with Crippen LogP contribution in [0.1, 0.15) is 6.92 Å². The van der Waals surface area contributed by atoms with Gasteiger partial charge in [-0.1, -0.05) is 0 Å². The van der Waals surface area contributed by atoms with Gasteiger partial charge in [-0.25, -0.2) is 0 Å². The highest BCUT2D eigenvalue weighted by Gasteiger charge is 2.42. The van der Waals surface area contributed by atoms with Crippen LogP contribution in [0.3, 0.4) is 0 Å². The molecule has 0 aliphatic rings. The minimum atomic E-state index is -4.81. The zero-order valence-electron chi connectivity index (χ0n) is 7.68. The Balaban J connectivity index is 4.26. The lowest BCUT2D eigenvalue weighted by Gasteiger charge is -2.24. The molecular formula is C7H12F3NO2. The highest BCUT2D eigenvalue weighted by molar-refractivity contribution is 5.81. The Morgan fingerprint density at radius 1 is 1.54 bits per heavy atom. The maximum Gasteiger partial charge on any atom is 0.471 e. The van der Waals surface area contributed by atoms with Gasteiger partial charge in [0.1, 0.15) is 0 Å². The summed E-state index contributed by atoms with van der Waals surface area (Å²) in [6.07, 6.45) is -4.81. The fourth-order valence-electron chi connectivity index (χ4n) is 0.753. The van der Waals surface area contributed by atoms with Crippen molar-refractivity contribution in [3.63, 3.8) is 0 Å². The number of hydrogen-bond acceptors (Lipinski definition) is 2. The van der Waals surface area contributed by atoms with Gasteiger partial charge >= 0.3 is 12.1 Å². The maximum absolute atomic E-state index is 11.9. The van der Waals surface area contributed by atoms with Crippen molar-refractivity contribution < 1.29 is 22.7 Å². The first-order valence-corrected chi connectivity index (χ1v) is 3.63. The second-order valence-electron chi connectivity index (χ2n) is 2.72. The molecule has 1 unspecified atom stereocenters. The van der Waals surface area contributed by atoms with E-state index in [1.165, 1.54) is 14.0 Å². The summed E-state index contributed by atoms with van der Waals surface area (Å²) in [6.45, 7) is 1.56. The first-order chi connectivity index (χ1) is 5.80.